The summed E-state index contributed by atoms with van der Waals surface area (Å²) in [6.07, 6.45) is 0. The average Bonchev–Trinajstić information content (AvgIpc) is 2.94. The molecule has 3 aromatic rings. The lowest BCUT2D eigenvalue weighted by atomic mass is 10.3. The first-order chi connectivity index (χ1) is 9.17. The molecule has 0 unspecified atom stereocenters. The van der Waals surface area contributed by atoms with Crippen LogP contribution in [-0.2, 0) is 0 Å². The number of fused-ring (bicyclic) bond motifs is 1. The summed E-state index contributed by atoms with van der Waals surface area (Å²) < 4.78 is 1.10. The molecule has 0 spiro atoms. The van der Waals surface area contributed by atoms with Crippen LogP contribution < -0.4 is 5.32 Å². The molecule has 19 heavy (non-hydrogen) atoms. The molecule has 3 rings (SSSR count). The monoisotopic (exact) mass is 353 g/mol. The van der Waals surface area contributed by atoms with Crippen LogP contribution in [0.15, 0.2) is 22.0 Å². The van der Waals surface area contributed by atoms with Crippen molar-refractivity contribution in [3.05, 3.63) is 26.9 Å². The molecule has 3 nitrogen and oxygen atoms in total. The molecule has 0 aliphatic heterocycles. The van der Waals surface area contributed by atoms with E-state index in [1.54, 1.807) is 22.7 Å². The Bertz CT molecular complexity index is 733. The van der Waals surface area contributed by atoms with Crippen LogP contribution in [0.25, 0.3) is 20.9 Å². The molecule has 6 heteroatoms. The smallest absolute Gasteiger partial charge is 0.173 e. The second-order valence-corrected chi connectivity index (χ2v) is 7.80. The van der Waals surface area contributed by atoms with Gasteiger partial charge in [-0.3, -0.25) is 0 Å². The van der Waals surface area contributed by atoms with Crippen molar-refractivity contribution < 1.29 is 0 Å². The molecule has 0 aromatic carbocycles. The predicted octanol–water partition coefficient (Wildman–Crippen LogP) is 4.92. The van der Waals surface area contributed by atoms with E-state index in [0.29, 0.717) is 0 Å². The summed E-state index contributed by atoms with van der Waals surface area (Å²) in [5, 5.41) is 4.44. The molecular formula is C13H12BrN3S2. The van der Waals surface area contributed by atoms with Gasteiger partial charge in [-0.25, -0.2) is 9.97 Å². The van der Waals surface area contributed by atoms with Gasteiger partial charge < -0.3 is 5.32 Å². The van der Waals surface area contributed by atoms with Crippen molar-refractivity contribution in [3.8, 4) is 10.7 Å². The number of nitrogens with one attached hydrogen (secondary N) is 1. The Labute approximate surface area is 127 Å². The molecule has 1 N–H and O–H groups in total. The second kappa shape index (κ2) is 5.19. The van der Waals surface area contributed by atoms with Crippen molar-refractivity contribution in [1.82, 2.24) is 9.97 Å². The van der Waals surface area contributed by atoms with Crippen molar-refractivity contribution >= 4 is 54.6 Å². The maximum Gasteiger partial charge on any atom is 0.173 e. The normalized spacial score (nSPS) is 11.1. The van der Waals surface area contributed by atoms with Crippen molar-refractivity contribution in [2.24, 2.45) is 0 Å². The molecule has 3 heterocycles. The molecule has 98 valence electrons. The van der Waals surface area contributed by atoms with Gasteiger partial charge in [0.2, 0.25) is 0 Å². The summed E-state index contributed by atoms with van der Waals surface area (Å²) in [5.41, 5.74) is 0. The number of halogens is 1. The lowest BCUT2D eigenvalue weighted by Crippen LogP contribution is -2.01. The second-order valence-electron chi connectivity index (χ2n) is 4.11. The SMILES string of the molecule is CCNc1nc(-c2ccc(Br)s2)nc2sc(C)cc12. The van der Waals surface area contributed by atoms with E-state index in [1.807, 2.05) is 12.1 Å². The first-order valence-electron chi connectivity index (χ1n) is 5.95. The van der Waals surface area contributed by atoms with Gasteiger partial charge in [-0.2, -0.15) is 0 Å². The molecule has 0 atom stereocenters. The maximum absolute atomic E-state index is 4.68. The fraction of sp³-hybridized carbons (Fsp3) is 0.231. The minimum atomic E-state index is 0.793. The molecule has 0 fully saturated rings. The van der Waals surface area contributed by atoms with Crippen LogP contribution in [0.5, 0.6) is 0 Å². The number of hydrogen-bond donors (Lipinski definition) is 1. The molecule has 3 aromatic heterocycles. The number of aryl methyl sites for hydroxylation is 1. The Hall–Kier alpha value is -0.980. The first-order valence-corrected chi connectivity index (χ1v) is 8.37. The lowest BCUT2D eigenvalue weighted by molar-refractivity contribution is 1.15. The van der Waals surface area contributed by atoms with Crippen molar-refractivity contribution in [2.75, 3.05) is 11.9 Å². The molecule has 0 radical (unpaired) electrons. The van der Waals surface area contributed by atoms with Gasteiger partial charge in [-0.05, 0) is 48.0 Å². The third kappa shape index (κ3) is 2.52. The summed E-state index contributed by atoms with van der Waals surface area (Å²) >= 11 is 6.84. The molecule has 0 saturated carbocycles. The number of nitrogens with zero attached hydrogens (tertiary/aromatic N) is 2. The van der Waals surface area contributed by atoms with Gasteiger partial charge in [0.25, 0.3) is 0 Å². The number of anilines is 1. The zero-order valence-corrected chi connectivity index (χ0v) is 13.7. The molecular weight excluding hydrogens is 342 g/mol. The zero-order valence-electron chi connectivity index (χ0n) is 10.5. The predicted molar refractivity (Wildman–Crippen MR) is 87.3 cm³/mol. The van der Waals surface area contributed by atoms with E-state index in [9.17, 15) is 0 Å². The first kappa shape index (κ1) is 13.0. The number of aromatic nitrogens is 2. The molecule has 0 aliphatic rings. The zero-order chi connectivity index (χ0) is 13.4. The van der Waals surface area contributed by atoms with Crippen LogP contribution in [-0.4, -0.2) is 16.5 Å². The number of hydrogen-bond acceptors (Lipinski definition) is 5. The van der Waals surface area contributed by atoms with E-state index in [2.05, 4.69) is 51.1 Å². The third-order valence-electron chi connectivity index (χ3n) is 2.65. The van der Waals surface area contributed by atoms with Crippen LogP contribution >= 0.6 is 38.6 Å². The standard InChI is InChI=1S/C13H12BrN3S2/c1-3-15-11-8-6-7(2)18-13(8)17-12(16-11)9-4-5-10(14)19-9/h4-6H,3H2,1-2H3,(H,15,16,17). The van der Waals surface area contributed by atoms with Crippen molar-refractivity contribution in [2.45, 2.75) is 13.8 Å². The summed E-state index contributed by atoms with van der Waals surface area (Å²) in [5.74, 6) is 1.72. The Kier molecular flexibility index (Phi) is 3.56. The quantitative estimate of drug-likeness (QED) is 0.725. The Morgan fingerprint density at radius 1 is 1.26 bits per heavy atom. The van der Waals surface area contributed by atoms with E-state index >= 15 is 0 Å². The Balaban J connectivity index is 2.20. The lowest BCUT2D eigenvalue weighted by Gasteiger charge is -2.05. The fourth-order valence-electron chi connectivity index (χ4n) is 1.89. The molecule has 0 aliphatic carbocycles. The average molecular weight is 354 g/mol. The van der Waals surface area contributed by atoms with Crippen LogP contribution in [0.3, 0.4) is 0 Å². The summed E-state index contributed by atoms with van der Waals surface area (Å²) in [7, 11) is 0. The van der Waals surface area contributed by atoms with E-state index in [-0.39, 0.29) is 0 Å². The maximum atomic E-state index is 4.68. The molecule has 0 saturated heterocycles. The van der Waals surface area contributed by atoms with Crippen LogP contribution in [0.4, 0.5) is 5.82 Å². The van der Waals surface area contributed by atoms with Crippen molar-refractivity contribution in [1.29, 1.82) is 0 Å². The number of rotatable bonds is 3. The molecule has 0 bridgehead atoms. The van der Waals surface area contributed by atoms with Gasteiger partial charge in [0.15, 0.2) is 5.82 Å². The van der Waals surface area contributed by atoms with E-state index < -0.39 is 0 Å². The van der Waals surface area contributed by atoms with E-state index in [4.69, 9.17) is 0 Å². The van der Waals surface area contributed by atoms with E-state index in [0.717, 1.165) is 37.1 Å². The molecule has 0 amide bonds. The van der Waals surface area contributed by atoms with Crippen LogP contribution in [0.1, 0.15) is 11.8 Å². The van der Waals surface area contributed by atoms with Gasteiger partial charge in [-0.1, -0.05) is 0 Å². The van der Waals surface area contributed by atoms with E-state index in [1.165, 1.54) is 4.88 Å². The van der Waals surface area contributed by atoms with Crippen LogP contribution in [0.2, 0.25) is 0 Å². The van der Waals surface area contributed by atoms with Crippen LogP contribution in [0, 0.1) is 6.92 Å². The van der Waals surface area contributed by atoms with Gasteiger partial charge in [0, 0.05) is 11.4 Å². The summed E-state index contributed by atoms with van der Waals surface area (Å²) in [6.45, 7) is 5.03. The largest absolute Gasteiger partial charge is 0.370 e. The fourth-order valence-corrected chi connectivity index (χ4v) is 4.09. The topological polar surface area (TPSA) is 37.8 Å². The third-order valence-corrected chi connectivity index (χ3v) is 5.22. The minimum Gasteiger partial charge on any atom is -0.370 e. The minimum absolute atomic E-state index is 0.793. The van der Waals surface area contributed by atoms with Gasteiger partial charge in [-0.15, -0.1) is 22.7 Å². The van der Waals surface area contributed by atoms with Gasteiger partial charge in [0.1, 0.15) is 10.6 Å². The van der Waals surface area contributed by atoms with Gasteiger partial charge in [0.05, 0.1) is 14.0 Å². The van der Waals surface area contributed by atoms with Crippen molar-refractivity contribution in [3.63, 3.8) is 0 Å². The number of thiophene rings is 2. The summed E-state index contributed by atoms with van der Waals surface area (Å²) in [4.78, 5) is 12.7. The summed E-state index contributed by atoms with van der Waals surface area (Å²) in [6, 6.07) is 6.22. The highest BCUT2D eigenvalue weighted by Gasteiger charge is 2.12. The highest BCUT2D eigenvalue weighted by Crippen LogP contribution is 2.34. The Morgan fingerprint density at radius 2 is 2.11 bits per heavy atom. The highest BCUT2D eigenvalue weighted by atomic mass is 79.9. The highest BCUT2D eigenvalue weighted by molar-refractivity contribution is 9.11. The Morgan fingerprint density at radius 3 is 2.79 bits per heavy atom. The van der Waals surface area contributed by atoms with Gasteiger partial charge >= 0.3 is 0 Å².